The number of aromatic amines is 1. The van der Waals surface area contributed by atoms with Gasteiger partial charge in [-0.25, -0.2) is 4.98 Å². The predicted octanol–water partition coefficient (Wildman–Crippen LogP) is 1.84. The fraction of sp³-hybridized carbons (Fsp3) is 0.500. The van der Waals surface area contributed by atoms with Crippen LogP contribution in [0.5, 0.6) is 0 Å². The average Bonchev–Trinajstić information content (AvgIpc) is 2.78. The summed E-state index contributed by atoms with van der Waals surface area (Å²) in [5.74, 6) is 0.983. The Morgan fingerprint density at radius 2 is 2.06 bits per heavy atom. The third-order valence-corrected chi connectivity index (χ3v) is 3.81. The quantitative estimate of drug-likeness (QED) is 0.847. The summed E-state index contributed by atoms with van der Waals surface area (Å²) in [6.07, 6.45) is 0. The Morgan fingerprint density at radius 1 is 1.28 bits per heavy atom. The molecule has 2 N–H and O–H groups in total. The molecule has 2 aromatic rings. The zero-order valence-electron chi connectivity index (χ0n) is 11.0. The number of nitrogens with one attached hydrogen (secondary N) is 2. The van der Waals surface area contributed by atoms with Crippen LogP contribution >= 0.6 is 0 Å². The smallest absolute Gasteiger partial charge is 0.104 e. The van der Waals surface area contributed by atoms with Gasteiger partial charge in [-0.05, 0) is 31.5 Å². The first-order valence-corrected chi connectivity index (χ1v) is 6.65. The number of benzene rings is 1. The Labute approximate surface area is 107 Å². The lowest BCUT2D eigenvalue weighted by molar-refractivity contribution is 0.185. The normalized spacial score (nSPS) is 19.2. The van der Waals surface area contributed by atoms with Crippen molar-refractivity contribution in [1.82, 2.24) is 20.2 Å². The maximum Gasteiger partial charge on any atom is 0.104 e. The number of hydrogen-bond donors (Lipinski definition) is 2. The fourth-order valence-electron chi connectivity index (χ4n) is 2.69. The number of aromatic nitrogens is 2. The minimum atomic E-state index is 0.472. The molecule has 2 heterocycles. The van der Waals surface area contributed by atoms with Crippen LogP contribution < -0.4 is 5.32 Å². The van der Waals surface area contributed by atoms with E-state index in [1.807, 2.05) is 6.92 Å². The summed E-state index contributed by atoms with van der Waals surface area (Å²) in [4.78, 5) is 10.3. The van der Waals surface area contributed by atoms with Gasteiger partial charge in [-0.2, -0.15) is 0 Å². The van der Waals surface area contributed by atoms with E-state index in [9.17, 15) is 0 Å². The van der Waals surface area contributed by atoms with E-state index in [1.54, 1.807) is 0 Å². The molecule has 3 rings (SSSR count). The number of hydrogen-bond acceptors (Lipinski definition) is 3. The maximum atomic E-state index is 4.45. The van der Waals surface area contributed by atoms with Crippen LogP contribution in [0.3, 0.4) is 0 Å². The van der Waals surface area contributed by atoms with Crippen LogP contribution in [0.2, 0.25) is 0 Å². The van der Waals surface area contributed by atoms with E-state index in [4.69, 9.17) is 0 Å². The van der Waals surface area contributed by atoms with Gasteiger partial charge in [0.1, 0.15) is 5.82 Å². The zero-order valence-corrected chi connectivity index (χ0v) is 11.0. The number of aryl methyl sites for hydroxylation is 1. The number of piperazine rings is 1. The van der Waals surface area contributed by atoms with Gasteiger partial charge in [-0.1, -0.05) is 6.07 Å². The third-order valence-electron chi connectivity index (χ3n) is 3.81. The number of nitrogens with zero attached hydrogens (tertiary/aromatic N) is 2. The Hall–Kier alpha value is -1.39. The summed E-state index contributed by atoms with van der Waals surface area (Å²) in [5.41, 5.74) is 3.57. The number of H-pyrrole nitrogens is 1. The lowest BCUT2D eigenvalue weighted by Crippen LogP contribution is -2.44. The third kappa shape index (κ3) is 2.13. The van der Waals surface area contributed by atoms with Gasteiger partial charge in [0.25, 0.3) is 0 Å². The van der Waals surface area contributed by atoms with Gasteiger partial charge in [0.2, 0.25) is 0 Å². The van der Waals surface area contributed by atoms with Gasteiger partial charge in [0.15, 0.2) is 0 Å². The van der Waals surface area contributed by atoms with Gasteiger partial charge < -0.3 is 10.3 Å². The topological polar surface area (TPSA) is 44.0 Å². The molecular formula is C14H20N4. The van der Waals surface area contributed by atoms with Crippen LogP contribution in [0.4, 0.5) is 0 Å². The molecule has 1 fully saturated rings. The van der Waals surface area contributed by atoms with Crippen molar-refractivity contribution < 1.29 is 0 Å². The summed E-state index contributed by atoms with van der Waals surface area (Å²) in [7, 11) is 0. The average molecular weight is 244 g/mol. The van der Waals surface area contributed by atoms with Crippen LogP contribution in [-0.2, 0) is 0 Å². The van der Waals surface area contributed by atoms with Crippen molar-refractivity contribution in [2.75, 3.05) is 26.2 Å². The molecule has 1 aliphatic rings. The monoisotopic (exact) mass is 244 g/mol. The molecule has 0 radical (unpaired) electrons. The van der Waals surface area contributed by atoms with Crippen molar-refractivity contribution in [3.05, 3.63) is 29.6 Å². The molecule has 1 aromatic heterocycles. The molecule has 1 unspecified atom stereocenters. The molecule has 0 saturated carbocycles. The standard InChI is InChI=1S/C14H20N4/c1-10(18-7-5-15-6-8-18)12-3-4-13-14(9-12)17-11(2)16-13/h3-4,9-10,15H,5-8H2,1-2H3,(H,16,17). The summed E-state index contributed by atoms with van der Waals surface area (Å²) in [5, 5.41) is 3.40. The van der Waals surface area contributed by atoms with Crippen LogP contribution in [0, 0.1) is 6.92 Å². The van der Waals surface area contributed by atoms with Crippen molar-refractivity contribution >= 4 is 11.0 Å². The molecule has 96 valence electrons. The molecule has 0 spiro atoms. The molecule has 1 saturated heterocycles. The van der Waals surface area contributed by atoms with Crippen molar-refractivity contribution in [3.63, 3.8) is 0 Å². The molecule has 18 heavy (non-hydrogen) atoms. The van der Waals surface area contributed by atoms with Crippen LogP contribution in [0.1, 0.15) is 24.4 Å². The van der Waals surface area contributed by atoms with Crippen LogP contribution in [0.15, 0.2) is 18.2 Å². The SMILES string of the molecule is Cc1nc2ccc(C(C)N3CCNCC3)cc2[nH]1. The highest BCUT2D eigenvalue weighted by molar-refractivity contribution is 5.75. The Morgan fingerprint density at radius 3 is 2.83 bits per heavy atom. The highest BCUT2D eigenvalue weighted by Gasteiger charge is 2.18. The molecule has 4 heteroatoms. The Kier molecular flexibility index (Phi) is 3.06. The molecular weight excluding hydrogens is 224 g/mol. The second kappa shape index (κ2) is 4.71. The van der Waals surface area contributed by atoms with E-state index < -0.39 is 0 Å². The van der Waals surface area contributed by atoms with Gasteiger partial charge >= 0.3 is 0 Å². The fourth-order valence-corrected chi connectivity index (χ4v) is 2.69. The van der Waals surface area contributed by atoms with E-state index in [1.165, 1.54) is 5.56 Å². The van der Waals surface area contributed by atoms with Gasteiger partial charge in [0, 0.05) is 32.2 Å². The minimum absolute atomic E-state index is 0.472. The summed E-state index contributed by atoms with van der Waals surface area (Å²) >= 11 is 0. The van der Waals surface area contributed by atoms with Gasteiger partial charge in [-0.3, -0.25) is 4.90 Å². The van der Waals surface area contributed by atoms with E-state index in [0.29, 0.717) is 6.04 Å². The maximum absolute atomic E-state index is 4.45. The summed E-state index contributed by atoms with van der Waals surface area (Å²) < 4.78 is 0. The Balaban J connectivity index is 1.88. The largest absolute Gasteiger partial charge is 0.342 e. The predicted molar refractivity (Wildman–Crippen MR) is 73.7 cm³/mol. The van der Waals surface area contributed by atoms with Crippen molar-refractivity contribution in [1.29, 1.82) is 0 Å². The second-order valence-corrected chi connectivity index (χ2v) is 5.06. The summed E-state index contributed by atoms with van der Waals surface area (Å²) in [6, 6.07) is 7.03. The Bertz CT molecular complexity index is 540. The van der Waals surface area contributed by atoms with E-state index in [2.05, 4.69) is 45.3 Å². The number of fused-ring (bicyclic) bond motifs is 1. The van der Waals surface area contributed by atoms with Crippen molar-refractivity contribution in [3.8, 4) is 0 Å². The van der Waals surface area contributed by atoms with Crippen LogP contribution in [0.25, 0.3) is 11.0 Å². The molecule has 1 atom stereocenters. The molecule has 0 aliphatic carbocycles. The first-order valence-electron chi connectivity index (χ1n) is 6.65. The lowest BCUT2D eigenvalue weighted by Gasteiger charge is -2.33. The van der Waals surface area contributed by atoms with Crippen molar-refractivity contribution in [2.24, 2.45) is 0 Å². The highest BCUT2D eigenvalue weighted by atomic mass is 15.2. The molecule has 4 nitrogen and oxygen atoms in total. The van der Waals surface area contributed by atoms with E-state index in [-0.39, 0.29) is 0 Å². The number of imidazole rings is 1. The number of rotatable bonds is 2. The molecule has 1 aliphatic heterocycles. The van der Waals surface area contributed by atoms with Gasteiger partial charge in [0.05, 0.1) is 11.0 Å². The highest BCUT2D eigenvalue weighted by Crippen LogP contribution is 2.23. The summed E-state index contributed by atoms with van der Waals surface area (Å²) in [6.45, 7) is 8.73. The first kappa shape index (κ1) is 11.7. The molecule has 0 bridgehead atoms. The molecule has 1 aromatic carbocycles. The van der Waals surface area contributed by atoms with Crippen LogP contribution in [-0.4, -0.2) is 41.0 Å². The second-order valence-electron chi connectivity index (χ2n) is 5.06. The first-order chi connectivity index (χ1) is 8.74. The minimum Gasteiger partial charge on any atom is -0.342 e. The molecule has 0 amide bonds. The lowest BCUT2D eigenvalue weighted by atomic mass is 10.1. The zero-order chi connectivity index (χ0) is 12.5. The van der Waals surface area contributed by atoms with Crippen molar-refractivity contribution in [2.45, 2.75) is 19.9 Å². The van der Waals surface area contributed by atoms with Gasteiger partial charge in [-0.15, -0.1) is 0 Å². The van der Waals surface area contributed by atoms with E-state index >= 15 is 0 Å². The van der Waals surface area contributed by atoms with E-state index in [0.717, 1.165) is 43.0 Å².